The van der Waals surface area contributed by atoms with E-state index in [2.05, 4.69) is 17.3 Å². The summed E-state index contributed by atoms with van der Waals surface area (Å²) in [5, 5.41) is 12.6. The van der Waals surface area contributed by atoms with Crippen molar-refractivity contribution in [3.63, 3.8) is 0 Å². The highest BCUT2D eigenvalue weighted by Gasteiger charge is 2.34. The summed E-state index contributed by atoms with van der Waals surface area (Å²) in [6.07, 6.45) is -6.59. The van der Waals surface area contributed by atoms with Gasteiger partial charge in [-0.2, -0.15) is 26.3 Å². The summed E-state index contributed by atoms with van der Waals surface area (Å²) in [4.78, 5) is 3.57. The molecule has 2 unspecified atom stereocenters. The van der Waals surface area contributed by atoms with E-state index in [1.807, 2.05) is 5.01 Å². The highest BCUT2D eigenvalue weighted by atomic mass is 19.4. The molecule has 1 saturated heterocycles. The maximum absolute atomic E-state index is 13.4. The van der Waals surface area contributed by atoms with E-state index in [1.54, 1.807) is 0 Å². The minimum atomic E-state index is -4.77. The fourth-order valence-electron chi connectivity index (χ4n) is 3.87. The van der Waals surface area contributed by atoms with Crippen molar-refractivity contribution in [1.29, 1.82) is 0 Å². The van der Waals surface area contributed by atoms with Crippen molar-refractivity contribution in [1.82, 2.24) is 15.4 Å². The third-order valence-corrected chi connectivity index (χ3v) is 5.52. The van der Waals surface area contributed by atoms with Crippen molar-refractivity contribution in [3.8, 4) is 11.3 Å². The molecule has 2 N–H and O–H groups in total. The van der Waals surface area contributed by atoms with Crippen molar-refractivity contribution >= 4 is 0 Å². The first-order valence-corrected chi connectivity index (χ1v) is 10.4. The van der Waals surface area contributed by atoms with Crippen LogP contribution in [0.25, 0.3) is 11.3 Å². The van der Waals surface area contributed by atoms with Crippen LogP contribution in [0.2, 0.25) is 0 Å². The minimum Gasteiger partial charge on any atom is -0.387 e. The number of benzene rings is 1. The lowest BCUT2D eigenvalue weighted by molar-refractivity contribution is -0.141. The molecule has 1 aromatic heterocycles. The van der Waals surface area contributed by atoms with Gasteiger partial charge in [-0.1, -0.05) is 25.5 Å². The SMILES string of the molecule is CCCC1CCCN1NCC(O)c1cc(-c2ccc(C(F)(F)F)cc2)nc(C(F)(F)F)c1. The summed E-state index contributed by atoms with van der Waals surface area (Å²) in [6, 6.07) is 6.08. The Labute approximate surface area is 182 Å². The van der Waals surface area contributed by atoms with E-state index in [1.165, 1.54) is 6.07 Å². The maximum Gasteiger partial charge on any atom is 0.433 e. The first-order chi connectivity index (χ1) is 15.0. The first-order valence-electron chi connectivity index (χ1n) is 10.4. The van der Waals surface area contributed by atoms with Crippen LogP contribution in [0, 0.1) is 0 Å². The van der Waals surface area contributed by atoms with Crippen LogP contribution in [-0.4, -0.2) is 34.2 Å². The average Bonchev–Trinajstić information content (AvgIpc) is 3.18. The smallest absolute Gasteiger partial charge is 0.387 e. The Morgan fingerprint density at radius 1 is 1.09 bits per heavy atom. The van der Waals surface area contributed by atoms with E-state index in [4.69, 9.17) is 0 Å². The van der Waals surface area contributed by atoms with Gasteiger partial charge >= 0.3 is 12.4 Å². The summed E-state index contributed by atoms with van der Waals surface area (Å²) >= 11 is 0. The van der Waals surface area contributed by atoms with E-state index in [9.17, 15) is 31.4 Å². The summed E-state index contributed by atoms with van der Waals surface area (Å²) < 4.78 is 78.6. The van der Waals surface area contributed by atoms with Gasteiger partial charge in [-0.25, -0.2) is 9.99 Å². The van der Waals surface area contributed by atoms with Gasteiger partial charge in [0.25, 0.3) is 0 Å². The standard InChI is InChI=1S/C22H25F6N3O/c1-2-4-17-5-3-10-31(17)29-13-19(32)15-11-18(30-20(12-15)22(26,27)28)14-6-8-16(9-7-14)21(23,24)25/h6-9,11-12,17,19,29,32H,2-5,10,13H2,1H3. The van der Waals surface area contributed by atoms with Gasteiger partial charge in [0.2, 0.25) is 0 Å². The van der Waals surface area contributed by atoms with Crippen LogP contribution in [0.3, 0.4) is 0 Å². The molecule has 176 valence electrons. The van der Waals surface area contributed by atoms with Gasteiger partial charge in [-0.3, -0.25) is 5.43 Å². The molecule has 2 atom stereocenters. The first kappa shape index (κ1) is 24.5. The van der Waals surface area contributed by atoms with E-state index in [0.717, 1.165) is 62.6 Å². The maximum atomic E-state index is 13.4. The predicted octanol–water partition coefficient (Wildman–Crippen LogP) is 5.59. The number of aromatic nitrogens is 1. The second-order valence-electron chi connectivity index (χ2n) is 7.90. The number of nitrogens with zero attached hydrogens (tertiary/aromatic N) is 2. The molecule has 0 bridgehead atoms. The Morgan fingerprint density at radius 3 is 2.38 bits per heavy atom. The number of aliphatic hydroxyl groups is 1. The number of alkyl halides is 6. The molecule has 32 heavy (non-hydrogen) atoms. The topological polar surface area (TPSA) is 48.4 Å². The van der Waals surface area contributed by atoms with E-state index in [0.29, 0.717) is 6.04 Å². The molecule has 1 aliphatic heterocycles. The zero-order valence-corrected chi connectivity index (χ0v) is 17.5. The van der Waals surface area contributed by atoms with E-state index >= 15 is 0 Å². The molecule has 1 fully saturated rings. The van der Waals surface area contributed by atoms with E-state index < -0.39 is 29.7 Å². The number of pyridine rings is 1. The Bertz CT molecular complexity index is 898. The van der Waals surface area contributed by atoms with E-state index in [-0.39, 0.29) is 23.4 Å². The highest BCUT2D eigenvalue weighted by molar-refractivity contribution is 5.61. The average molecular weight is 461 g/mol. The molecule has 2 heterocycles. The third-order valence-electron chi connectivity index (χ3n) is 5.52. The van der Waals surface area contributed by atoms with Crippen LogP contribution in [0.5, 0.6) is 0 Å². The number of aliphatic hydroxyl groups excluding tert-OH is 1. The highest BCUT2D eigenvalue weighted by Crippen LogP contribution is 2.34. The van der Waals surface area contributed by atoms with Gasteiger partial charge in [0.15, 0.2) is 0 Å². The molecule has 0 radical (unpaired) electrons. The van der Waals surface area contributed by atoms with Crippen LogP contribution in [-0.2, 0) is 12.4 Å². The summed E-state index contributed by atoms with van der Waals surface area (Å²) in [5.74, 6) is 0. The molecule has 0 aliphatic carbocycles. The van der Waals surface area contributed by atoms with Crippen LogP contribution in [0.15, 0.2) is 36.4 Å². The minimum absolute atomic E-state index is 0.00791. The number of hydrogen-bond donors (Lipinski definition) is 2. The molecule has 0 amide bonds. The van der Waals surface area contributed by atoms with Gasteiger partial charge in [0.1, 0.15) is 5.69 Å². The van der Waals surface area contributed by atoms with Crippen molar-refractivity contribution < 1.29 is 31.4 Å². The molecule has 1 aliphatic rings. The lowest BCUT2D eigenvalue weighted by Crippen LogP contribution is -2.43. The Morgan fingerprint density at radius 2 is 1.78 bits per heavy atom. The van der Waals surface area contributed by atoms with Gasteiger partial charge in [0, 0.05) is 24.7 Å². The van der Waals surface area contributed by atoms with Crippen molar-refractivity contribution in [2.24, 2.45) is 0 Å². The third kappa shape index (κ3) is 5.99. The van der Waals surface area contributed by atoms with Gasteiger partial charge in [-0.05, 0) is 49.1 Å². The number of hydrazine groups is 1. The number of nitrogens with one attached hydrogen (secondary N) is 1. The van der Waals surface area contributed by atoms with Gasteiger partial charge in [-0.15, -0.1) is 0 Å². The number of halogens is 6. The van der Waals surface area contributed by atoms with Crippen LogP contribution >= 0.6 is 0 Å². The fourth-order valence-corrected chi connectivity index (χ4v) is 3.87. The molecule has 10 heteroatoms. The Balaban J connectivity index is 1.84. The molecule has 4 nitrogen and oxygen atoms in total. The van der Waals surface area contributed by atoms with Gasteiger partial charge < -0.3 is 5.11 Å². The molecule has 1 aromatic carbocycles. The summed E-state index contributed by atoms with van der Waals surface area (Å²) in [5.41, 5.74) is 0.905. The number of rotatable bonds is 7. The van der Waals surface area contributed by atoms with Crippen LogP contribution in [0.4, 0.5) is 26.3 Å². The summed E-state index contributed by atoms with van der Waals surface area (Å²) in [6.45, 7) is 2.87. The zero-order valence-electron chi connectivity index (χ0n) is 17.5. The molecular weight excluding hydrogens is 436 g/mol. The Kier molecular flexibility index (Phi) is 7.46. The van der Waals surface area contributed by atoms with Crippen LogP contribution < -0.4 is 5.43 Å². The van der Waals surface area contributed by atoms with Crippen molar-refractivity contribution in [2.75, 3.05) is 13.1 Å². The second-order valence-corrected chi connectivity index (χ2v) is 7.90. The quantitative estimate of drug-likeness (QED) is 0.528. The second kappa shape index (κ2) is 9.76. The lowest BCUT2D eigenvalue weighted by Gasteiger charge is -2.26. The summed E-state index contributed by atoms with van der Waals surface area (Å²) in [7, 11) is 0. The van der Waals surface area contributed by atoms with Crippen LogP contribution in [0.1, 0.15) is 55.5 Å². The fraction of sp³-hybridized carbons (Fsp3) is 0.500. The Hall–Kier alpha value is -2.17. The zero-order chi connectivity index (χ0) is 23.5. The molecular formula is C22H25F6N3O. The number of hydrogen-bond acceptors (Lipinski definition) is 4. The predicted molar refractivity (Wildman–Crippen MR) is 107 cm³/mol. The van der Waals surface area contributed by atoms with Crippen molar-refractivity contribution in [2.45, 2.75) is 57.1 Å². The molecule has 0 saturated carbocycles. The molecule has 3 rings (SSSR count). The lowest BCUT2D eigenvalue weighted by atomic mass is 10.0. The monoisotopic (exact) mass is 461 g/mol. The molecule has 2 aromatic rings. The normalized spacial score (nSPS) is 18.8. The largest absolute Gasteiger partial charge is 0.433 e. The van der Waals surface area contributed by atoms with Crippen molar-refractivity contribution in [3.05, 3.63) is 53.2 Å². The van der Waals surface area contributed by atoms with Gasteiger partial charge in [0.05, 0.1) is 17.4 Å². The molecule has 0 spiro atoms.